The van der Waals surface area contributed by atoms with Crippen LogP contribution >= 0.6 is 0 Å². The average molecular weight is 338 g/mol. The number of fused-ring (bicyclic) bond motifs is 1. The Bertz CT molecular complexity index is 704. The second kappa shape index (κ2) is 7.35. The monoisotopic (exact) mass is 338 g/mol. The Labute approximate surface area is 148 Å². The minimum Gasteiger partial charge on any atom is -0.368 e. The minimum absolute atomic E-state index is 0.274. The Morgan fingerprint density at radius 2 is 1.80 bits per heavy atom. The van der Waals surface area contributed by atoms with Crippen molar-refractivity contribution in [2.24, 2.45) is 11.8 Å². The van der Waals surface area contributed by atoms with Crippen LogP contribution in [0.15, 0.2) is 30.3 Å². The first-order chi connectivity index (χ1) is 12.3. The predicted molar refractivity (Wildman–Crippen MR) is 99.3 cm³/mol. The number of para-hydroxylation sites is 1. The molecule has 4 rings (SSSR count). The fraction of sp³-hybridized carbons (Fsp3) is 0.526. The quantitative estimate of drug-likeness (QED) is 0.891. The highest BCUT2D eigenvalue weighted by Crippen LogP contribution is 2.36. The number of benzene rings is 1. The van der Waals surface area contributed by atoms with E-state index in [1.54, 1.807) is 0 Å². The number of anilines is 3. The molecular weight excluding hydrogens is 312 g/mol. The van der Waals surface area contributed by atoms with Crippen LogP contribution in [-0.2, 0) is 6.54 Å². The first-order valence-corrected chi connectivity index (χ1v) is 9.31. The Kier molecular flexibility index (Phi) is 4.78. The summed E-state index contributed by atoms with van der Waals surface area (Å²) in [5.74, 6) is 3.32. The third-order valence-electron chi connectivity index (χ3n) is 5.47. The lowest BCUT2D eigenvalue weighted by atomic mass is 9.75. The first-order valence-electron chi connectivity index (χ1n) is 9.31. The van der Waals surface area contributed by atoms with E-state index in [9.17, 15) is 0 Å². The van der Waals surface area contributed by atoms with Crippen molar-refractivity contribution >= 4 is 17.6 Å². The number of hydrogen-bond donors (Lipinski definition) is 2. The van der Waals surface area contributed by atoms with E-state index < -0.39 is 0 Å². The standard InChI is InChI=1S/C19H26N6/c20-18-22-17(23-19(24-18)21-16-8-2-1-3-9-16)13-25-11-10-14-6-4-5-7-15(14)12-25/h1-3,8-9,14-15H,4-7,10-13H2,(H3,20,21,22,23,24)/t14-,15-/m0/s1. The number of nitrogens with one attached hydrogen (secondary N) is 1. The number of nitrogen functional groups attached to an aromatic ring is 1. The Morgan fingerprint density at radius 3 is 2.64 bits per heavy atom. The van der Waals surface area contributed by atoms with Crippen LogP contribution in [0.4, 0.5) is 17.6 Å². The van der Waals surface area contributed by atoms with Crippen molar-refractivity contribution in [2.45, 2.75) is 38.6 Å². The van der Waals surface area contributed by atoms with Crippen molar-refractivity contribution < 1.29 is 0 Å². The first kappa shape index (κ1) is 16.3. The largest absolute Gasteiger partial charge is 0.368 e. The number of hydrogen-bond acceptors (Lipinski definition) is 6. The van der Waals surface area contributed by atoms with Gasteiger partial charge in [0, 0.05) is 12.2 Å². The van der Waals surface area contributed by atoms with E-state index in [2.05, 4.69) is 25.2 Å². The fourth-order valence-corrected chi connectivity index (χ4v) is 4.23. The number of nitrogens with zero attached hydrogens (tertiary/aromatic N) is 4. The second-order valence-electron chi connectivity index (χ2n) is 7.25. The van der Waals surface area contributed by atoms with Crippen molar-refractivity contribution in [3.05, 3.63) is 36.2 Å². The second-order valence-corrected chi connectivity index (χ2v) is 7.25. The number of piperidine rings is 1. The lowest BCUT2D eigenvalue weighted by molar-refractivity contribution is 0.0803. The van der Waals surface area contributed by atoms with Crippen molar-refractivity contribution in [3.63, 3.8) is 0 Å². The summed E-state index contributed by atoms with van der Waals surface area (Å²) in [6, 6.07) is 9.89. The van der Waals surface area contributed by atoms with Crippen LogP contribution in [0.3, 0.4) is 0 Å². The topological polar surface area (TPSA) is 80.0 Å². The zero-order valence-corrected chi connectivity index (χ0v) is 14.6. The van der Waals surface area contributed by atoms with E-state index in [0.29, 0.717) is 5.95 Å². The molecule has 0 bridgehead atoms. The van der Waals surface area contributed by atoms with Crippen LogP contribution in [0.2, 0.25) is 0 Å². The molecule has 6 nitrogen and oxygen atoms in total. The third kappa shape index (κ3) is 4.07. The maximum absolute atomic E-state index is 5.90. The third-order valence-corrected chi connectivity index (χ3v) is 5.47. The highest BCUT2D eigenvalue weighted by atomic mass is 15.2. The molecule has 132 valence electrons. The molecule has 3 N–H and O–H groups in total. The Balaban J connectivity index is 1.43. The minimum atomic E-state index is 0.274. The molecule has 25 heavy (non-hydrogen) atoms. The molecule has 1 aliphatic heterocycles. The van der Waals surface area contributed by atoms with Gasteiger partial charge in [-0.05, 0) is 43.4 Å². The Hall–Kier alpha value is -2.21. The summed E-state index contributed by atoms with van der Waals surface area (Å²) in [5, 5.41) is 3.21. The van der Waals surface area contributed by atoms with Gasteiger partial charge in [0.25, 0.3) is 0 Å². The van der Waals surface area contributed by atoms with Crippen molar-refractivity contribution in [1.82, 2.24) is 19.9 Å². The molecule has 6 heteroatoms. The molecule has 2 heterocycles. The molecule has 0 radical (unpaired) electrons. The molecule has 1 aliphatic carbocycles. The average Bonchev–Trinajstić information content (AvgIpc) is 2.62. The molecule has 2 aromatic rings. The van der Waals surface area contributed by atoms with Gasteiger partial charge in [-0.15, -0.1) is 0 Å². The van der Waals surface area contributed by atoms with Crippen LogP contribution in [-0.4, -0.2) is 32.9 Å². The zero-order valence-electron chi connectivity index (χ0n) is 14.6. The molecular formula is C19H26N6. The molecule has 0 unspecified atom stereocenters. The molecule has 2 fully saturated rings. The summed E-state index contributed by atoms with van der Waals surface area (Å²) in [6.45, 7) is 3.05. The van der Waals surface area contributed by atoms with E-state index in [0.717, 1.165) is 43.0 Å². The van der Waals surface area contributed by atoms with Gasteiger partial charge in [0.2, 0.25) is 11.9 Å². The number of likely N-dealkylation sites (tertiary alicyclic amines) is 1. The smallest absolute Gasteiger partial charge is 0.232 e. The lowest BCUT2D eigenvalue weighted by Gasteiger charge is -2.41. The van der Waals surface area contributed by atoms with Gasteiger partial charge < -0.3 is 11.1 Å². The number of nitrogens with two attached hydrogens (primary N) is 1. The van der Waals surface area contributed by atoms with Gasteiger partial charge >= 0.3 is 0 Å². The van der Waals surface area contributed by atoms with E-state index in [4.69, 9.17) is 5.73 Å². The zero-order chi connectivity index (χ0) is 17.1. The van der Waals surface area contributed by atoms with Gasteiger partial charge in [0.1, 0.15) is 5.82 Å². The van der Waals surface area contributed by atoms with Crippen LogP contribution in [0.1, 0.15) is 37.9 Å². The molecule has 0 spiro atoms. The maximum atomic E-state index is 5.90. The summed E-state index contributed by atoms with van der Waals surface area (Å²) < 4.78 is 0. The fourth-order valence-electron chi connectivity index (χ4n) is 4.23. The van der Waals surface area contributed by atoms with E-state index >= 15 is 0 Å². The van der Waals surface area contributed by atoms with Crippen LogP contribution in [0.5, 0.6) is 0 Å². The van der Waals surface area contributed by atoms with Crippen LogP contribution in [0, 0.1) is 11.8 Å². The molecule has 1 aromatic heterocycles. The van der Waals surface area contributed by atoms with E-state index in [1.807, 2.05) is 30.3 Å². The van der Waals surface area contributed by atoms with E-state index in [-0.39, 0.29) is 5.95 Å². The van der Waals surface area contributed by atoms with Gasteiger partial charge in [-0.2, -0.15) is 15.0 Å². The van der Waals surface area contributed by atoms with Gasteiger partial charge in [-0.25, -0.2) is 0 Å². The van der Waals surface area contributed by atoms with Crippen LogP contribution < -0.4 is 11.1 Å². The number of aromatic nitrogens is 3. The predicted octanol–water partition coefficient (Wildman–Crippen LogP) is 3.21. The van der Waals surface area contributed by atoms with Crippen molar-refractivity contribution in [3.8, 4) is 0 Å². The molecule has 1 aromatic carbocycles. The molecule has 1 saturated heterocycles. The highest BCUT2D eigenvalue weighted by molar-refractivity contribution is 5.53. The summed E-state index contributed by atoms with van der Waals surface area (Å²) in [6.07, 6.45) is 6.91. The molecule has 2 aliphatic rings. The summed E-state index contributed by atoms with van der Waals surface area (Å²) in [7, 11) is 0. The summed E-state index contributed by atoms with van der Waals surface area (Å²) in [4.78, 5) is 15.6. The molecule has 1 saturated carbocycles. The van der Waals surface area contributed by atoms with Crippen LogP contribution in [0.25, 0.3) is 0 Å². The SMILES string of the molecule is Nc1nc(CN2CC[C@@H]3CCCC[C@H]3C2)nc(Nc2ccccc2)n1. The van der Waals surface area contributed by atoms with Gasteiger partial charge in [-0.1, -0.05) is 37.5 Å². The van der Waals surface area contributed by atoms with Gasteiger partial charge in [-0.3, -0.25) is 4.90 Å². The highest BCUT2D eigenvalue weighted by Gasteiger charge is 2.31. The molecule has 2 atom stereocenters. The Morgan fingerprint density at radius 1 is 1.00 bits per heavy atom. The maximum Gasteiger partial charge on any atom is 0.232 e. The number of rotatable bonds is 4. The van der Waals surface area contributed by atoms with Crippen molar-refractivity contribution in [2.75, 3.05) is 24.1 Å². The summed E-state index contributed by atoms with van der Waals surface area (Å²) in [5.41, 5.74) is 6.85. The van der Waals surface area contributed by atoms with Gasteiger partial charge in [0.05, 0.1) is 6.54 Å². The van der Waals surface area contributed by atoms with Gasteiger partial charge in [0.15, 0.2) is 0 Å². The summed E-state index contributed by atoms with van der Waals surface area (Å²) >= 11 is 0. The normalized spacial score (nSPS) is 23.8. The van der Waals surface area contributed by atoms with E-state index in [1.165, 1.54) is 32.1 Å². The molecule has 0 amide bonds. The lowest BCUT2D eigenvalue weighted by Crippen LogP contribution is -2.41. The van der Waals surface area contributed by atoms with Crippen molar-refractivity contribution in [1.29, 1.82) is 0 Å².